The van der Waals surface area contributed by atoms with E-state index in [1.54, 1.807) is 0 Å². The molecular weight excluding hydrogens is 250 g/mol. The van der Waals surface area contributed by atoms with E-state index in [1.807, 2.05) is 0 Å². The Morgan fingerprint density at radius 1 is 1.42 bits per heavy atom. The SMILES string of the molecule is Nc1ccc(C(=O)NC2CCOCC2)cc1[N+](=O)[O-]. The van der Waals surface area contributed by atoms with Crippen LogP contribution in [0.15, 0.2) is 18.2 Å². The fourth-order valence-corrected chi connectivity index (χ4v) is 1.95. The van der Waals surface area contributed by atoms with E-state index >= 15 is 0 Å². The average molecular weight is 265 g/mol. The lowest BCUT2D eigenvalue weighted by molar-refractivity contribution is -0.383. The van der Waals surface area contributed by atoms with Crippen LogP contribution < -0.4 is 11.1 Å². The summed E-state index contributed by atoms with van der Waals surface area (Å²) in [4.78, 5) is 22.2. The standard InChI is InChI=1S/C12H15N3O4/c13-10-2-1-8(7-11(10)15(17)18)12(16)14-9-3-5-19-6-4-9/h1-2,7,9H,3-6,13H2,(H,14,16). The first-order valence-electron chi connectivity index (χ1n) is 6.00. The van der Waals surface area contributed by atoms with E-state index in [9.17, 15) is 14.9 Å². The first-order chi connectivity index (χ1) is 9.08. The van der Waals surface area contributed by atoms with Gasteiger partial charge in [0.1, 0.15) is 5.69 Å². The first kappa shape index (κ1) is 13.3. The molecular formula is C12H15N3O4. The molecule has 1 saturated heterocycles. The number of benzene rings is 1. The number of hydrogen-bond donors (Lipinski definition) is 2. The van der Waals surface area contributed by atoms with Gasteiger partial charge >= 0.3 is 0 Å². The topological polar surface area (TPSA) is 107 Å². The second-order valence-corrected chi connectivity index (χ2v) is 4.39. The molecule has 19 heavy (non-hydrogen) atoms. The van der Waals surface area contributed by atoms with E-state index in [4.69, 9.17) is 10.5 Å². The highest BCUT2D eigenvalue weighted by Gasteiger charge is 2.19. The van der Waals surface area contributed by atoms with Gasteiger partial charge in [-0.25, -0.2) is 0 Å². The molecule has 0 aliphatic carbocycles. The molecule has 0 aromatic heterocycles. The van der Waals surface area contributed by atoms with Gasteiger partial charge in [-0.05, 0) is 25.0 Å². The zero-order valence-electron chi connectivity index (χ0n) is 10.3. The summed E-state index contributed by atoms with van der Waals surface area (Å²) in [7, 11) is 0. The van der Waals surface area contributed by atoms with Crippen LogP contribution >= 0.6 is 0 Å². The fourth-order valence-electron chi connectivity index (χ4n) is 1.95. The lowest BCUT2D eigenvalue weighted by Gasteiger charge is -2.23. The van der Waals surface area contributed by atoms with Crippen LogP contribution in [0.1, 0.15) is 23.2 Å². The summed E-state index contributed by atoms with van der Waals surface area (Å²) >= 11 is 0. The largest absolute Gasteiger partial charge is 0.393 e. The molecule has 1 amide bonds. The predicted octanol–water partition coefficient (Wildman–Crippen LogP) is 1.09. The van der Waals surface area contributed by atoms with Gasteiger partial charge in [0.05, 0.1) is 4.92 Å². The lowest BCUT2D eigenvalue weighted by atomic mass is 10.1. The van der Waals surface area contributed by atoms with Gasteiger partial charge in [0, 0.05) is 30.9 Å². The first-order valence-corrected chi connectivity index (χ1v) is 6.00. The van der Waals surface area contributed by atoms with Gasteiger partial charge in [-0.15, -0.1) is 0 Å². The Hall–Kier alpha value is -2.15. The number of carbonyl (C=O) groups excluding carboxylic acids is 1. The highest BCUT2D eigenvalue weighted by molar-refractivity contribution is 5.95. The van der Waals surface area contributed by atoms with Crippen LogP contribution in [0.3, 0.4) is 0 Å². The molecule has 1 heterocycles. The van der Waals surface area contributed by atoms with Gasteiger partial charge in [-0.3, -0.25) is 14.9 Å². The number of nitro groups is 1. The highest BCUT2D eigenvalue weighted by atomic mass is 16.6. The van der Waals surface area contributed by atoms with Crippen molar-refractivity contribution < 1.29 is 14.5 Å². The maximum absolute atomic E-state index is 12.0. The summed E-state index contributed by atoms with van der Waals surface area (Å²) in [6.07, 6.45) is 1.51. The van der Waals surface area contributed by atoms with Crippen molar-refractivity contribution in [2.24, 2.45) is 0 Å². The molecule has 0 bridgehead atoms. The minimum Gasteiger partial charge on any atom is -0.393 e. The molecule has 3 N–H and O–H groups in total. The number of rotatable bonds is 3. The molecule has 7 nitrogen and oxygen atoms in total. The summed E-state index contributed by atoms with van der Waals surface area (Å²) < 4.78 is 5.20. The van der Waals surface area contributed by atoms with Crippen molar-refractivity contribution in [2.75, 3.05) is 18.9 Å². The number of anilines is 1. The number of carbonyl (C=O) groups is 1. The Labute approximate surface area is 109 Å². The lowest BCUT2D eigenvalue weighted by Crippen LogP contribution is -2.38. The third-order valence-corrected chi connectivity index (χ3v) is 3.05. The number of amides is 1. The summed E-state index contributed by atoms with van der Waals surface area (Å²) in [5.74, 6) is -0.324. The minimum atomic E-state index is -0.597. The summed E-state index contributed by atoms with van der Waals surface area (Å²) in [5.41, 5.74) is 5.53. The monoisotopic (exact) mass is 265 g/mol. The number of nitrogens with zero attached hydrogens (tertiary/aromatic N) is 1. The molecule has 0 radical (unpaired) electrons. The maximum Gasteiger partial charge on any atom is 0.292 e. The van der Waals surface area contributed by atoms with Crippen molar-refractivity contribution in [3.63, 3.8) is 0 Å². The number of hydrogen-bond acceptors (Lipinski definition) is 5. The van der Waals surface area contributed by atoms with Crippen LogP contribution in [-0.4, -0.2) is 30.1 Å². The smallest absolute Gasteiger partial charge is 0.292 e. The molecule has 1 aliphatic rings. The Morgan fingerprint density at radius 3 is 2.74 bits per heavy atom. The normalized spacial score (nSPS) is 16.0. The van der Waals surface area contributed by atoms with Crippen LogP contribution in [0.5, 0.6) is 0 Å². The molecule has 0 unspecified atom stereocenters. The molecule has 2 rings (SSSR count). The molecule has 1 aliphatic heterocycles. The number of ether oxygens (including phenoxy) is 1. The van der Waals surface area contributed by atoms with Gasteiger partial charge in [0.15, 0.2) is 0 Å². The van der Waals surface area contributed by atoms with Crippen LogP contribution in [0.4, 0.5) is 11.4 Å². The van der Waals surface area contributed by atoms with E-state index in [1.165, 1.54) is 18.2 Å². The average Bonchev–Trinajstić information content (AvgIpc) is 2.40. The van der Waals surface area contributed by atoms with E-state index in [-0.39, 0.29) is 28.9 Å². The van der Waals surface area contributed by atoms with Crippen LogP contribution in [-0.2, 0) is 4.74 Å². The summed E-state index contributed by atoms with van der Waals surface area (Å²) in [6.45, 7) is 1.24. The van der Waals surface area contributed by atoms with Gasteiger partial charge < -0.3 is 15.8 Å². The van der Waals surface area contributed by atoms with Crippen LogP contribution in [0, 0.1) is 10.1 Å². The zero-order valence-corrected chi connectivity index (χ0v) is 10.3. The van der Waals surface area contributed by atoms with Crippen molar-refractivity contribution in [1.29, 1.82) is 0 Å². The van der Waals surface area contributed by atoms with Gasteiger partial charge in [-0.1, -0.05) is 0 Å². The minimum absolute atomic E-state index is 0.0487. The van der Waals surface area contributed by atoms with Gasteiger partial charge in [-0.2, -0.15) is 0 Å². The summed E-state index contributed by atoms with van der Waals surface area (Å²) in [6, 6.07) is 4.11. The summed E-state index contributed by atoms with van der Waals surface area (Å²) in [5, 5.41) is 13.6. The molecule has 102 valence electrons. The molecule has 1 aromatic rings. The Balaban J connectivity index is 2.10. The van der Waals surface area contributed by atoms with Crippen LogP contribution in [0.2, 0.25) is 0 Å². The third-order valence-electron chi connectivity index (χ3n) is 3.05. The molecule has 0 atom stereocenters. The Bertz CT molecular complexity index is 498. The van der Waals surface area contributed by atoms with Crippen molar-refractivity contribution >= 4 is 17.3 Å². The molecule has 1 fully saturated rings. The predicted molar refractivity (Wildman–Crippen MR) is 68.8 cm³/mol. The Kier molecular flexibility index (Phi) is 3.96. The van der Waals surface area contributed by atoms with Crippen LogP contribution in [0.25, 0.3) is 0 Å². The Morgan fingerprint density at radius 2 is 2.11 bits per heavy atom. The molecule has 0 spiro atoms. The van der Waals surface area contributed by atoms with E-state index < -0.39 is 4.92 Å². The third kappa shape index (κ3) is 3.19. The highest BCUT2D eigenvalue weighted by Crippen LogP contribution is 2.22. The maximum atomic E-state index is 12.0. The zero-order chi connectivity index (χ0) is 13.8. The second-order valence-electron chi connectivity index (χ2n) is 4.39. The fraction of sp³-hybridized carbons (Fsp3) is 0.417. The van der Waals surface area contributed by atoms with E-state index in [2.05, 4.69) is 5.32 Å². The number of nitrogen functional groups attached to an aromatic ring is 1. The number of nitrogens with one attached hydrogen (secondary N) is 1. The van der Waals surface area contributed by atoms with E-state index in [0.717, 1.165) is 12.8 Å². The molecule has 1 aromatic carbocycles. The number of nitro benzene ring substituents is 1. The van der Waals surface area contributed by atoms with Crippen molar-refractivity contribution in [3.05, 3.63) is 33.9 Å². The quantitative estimate of drug-likeness (QED) is 0.483. The molecule has 7 heteroatoms. The van der Waals surface area contributed by atoms with E-state index in [0.29, 0.717) is 13.2 Å². The second kappa shape index (κ2) is 5.66. The van der Waals surface area contributed by atoms with Crippen molar-refractivity contribution in [2.45, 2.75) is 18.9 Å². The van der Waals surface area contributed by atoms with Crippen molar-refractivity contribution in [3.8, 4) is 0 Å². The molecule has 0 saturated carbocycles. The van der Waals surface area contributed by atoms with Crippen molar-refractivity contribution in [1.82, 2.24) is 5.32 Å². The number of nitrogens with two attached hydrogens (primary N) is 1. The van der Waals surface area contributed by atoms with Gasteiger partial charge in [0.25, 0.3) is 11.6 Å². The van der Waals surface area contributed by atoms with Gasteiger partial charge in [0.2, 0.25) is 0 Å².